The second kappa shape index (κ2) is 4.62. The van der Waals surface area contributed by atoms with E-state index in [0.717, 1.165) is 16.5 Å². The third-order valence-corrected chi connectivity index (χ3v) is 20.4. The summed E-state index contributed by atoms with van der Waals surface area (Å²) < 4.78 is 9.40. The summed E-state index contributed by atoms with van der Waals surface area (Å²) in [4.78, 5) is 22.7. The quantitative estimate of drug-likeness (QED) is 0.376. The minimum absolute atomic E-state index is 0.0341. The third-order valence-electron chi connectivity index (χ3n) is 2.40. The van der Waals surface area contributed by atoms with Gasteiger partial charge in [0, 0.05) is 0 Å². The van der Waals surface area contributed by atoms with Crippen molar-refractivity contribution in [1.82, 2.24) is 0 Å². The first-order valence-electron chi connectivity index (χ1n) is 4.53. The fourth-order valence-corrected chi connectivity index (χ4v) is 11.8. The Hall–Kier alpha value is 0.906. The first-order valence-corrected chi connectivity index (χ1v) is 17.8. The number of carbonyl (C=O) groups excluding carboxylic acids is 2. The van der Waals surface area contributed by atoms with Crippen LogP contribution in [0.2, 0.25) is 16.5 Å². The van der Waals surface area contributed by atoms with Crippen LogP contribution in [0.3, 0.4) is 0 Å². The molecule has 0 aromatic carbocycles. The first kappa shape index (κ1) is 10.4. The van der Waals surface area contributed by atoms with Crippen LogP contribution in [0, 0.1) is 0 Å². The van der Waals surface area contributed by atoms with Gasteiger partial charge in [-0.1, -0.05) is 0 Å². The molecule has 13 heavy (non-hydrogen) atoms. The molecule has 0 bridgehead atoms. The molecule has 0 N–H and O–H groups in total. The number of hydrogen-bond donors (Lipinski definition) is 0. The fourth-order valence-electron chi connectivity index (χ4n) is 1.20. The van der Waals surface area contributed by atoms with Crippen LogP contribution in [-0.4, -0.2) is 50.9 Å². The average Bonchev–Trinajstić information content (AvgIpc) is 1.76. The third kappa shape index (κ3) is 2.47. The van der Waals surface area contributed by atoms with Crippen molar-refractivity contribution < 1.29 is 14.3 Å². The molecule has 0 aromatic rings. The van der Waals surface area contributed by atoms with E-state index in [1.807, 2.05) is 0 Å². The van der Waals surface area contributed by atoms with Gasteiger partial charge in [-0.15, -0.1) is 0 Å². The zero-order valence-electron chi connectivity index (χ0n) is 7.36. The number of hydrogen-bond acceptors (Lipinski definition) is 3. The molecule has 2 heterocycles. The van der Waals surface area contributed by atoms with Crippen LogP contribution in [0.25, 0.3) is 0 Å². The predicted molar refractivity (Wildman–Crippen MR) is 51.8 cm³/mol. The van der Waals surface area contributed by atoms with Gasteiger partial charge in [0.25, 0.3) is 0 Å². The van der Waals surface area contributed by atoms with E-state index in [1.54, 1.807) is 0 Å². The van der Waals surface area contributed by atoms with Crippen LogP contribution in [0.1, 0.15) is 12.8 Å². The molecule has 0 aromatic heterocycles. The van der Waals surface area contributed by atoms with Gasteiger partial charge in [-0.25, -0.2) is 0 Å². The summed E-state index contributed by atoms with van der Waals surface area (Å²) >= 11 is -3.65. The van der Waals surface area contributed by atoms with E-state index >= 15 is 0 Å². The Morgan fingerprint density at radius 1 is 0.846 bits per heavy atom. The Morgan fingerprint density at radius 2 is 1.23 bits per heavy atom. The summed E-state index contributed by atoms with van der Waals surface area (Å²) in [5, 5.41) is 0. The Balaban J connectivity index is 1.75. The molecule has 72 valence electrons. The van der Waals surface area contributed by atoms with E-state index in [-0.39, 0.29) is 7.35 Å². The summed E-state index contributed by atoms with van der Waals surface area (Å²) in [5.74, 6) is 0. The average molecular weight is 574 g/mol. The summed E-state index contributed by atoms with van der Waals surface area (Å²) in [6.07, 6.45) is 2.40. The molecule has 0 unspecified atom stereocenters. The molecule has 3 nitrogen and oxygen atoms in total. The van der Waals surface area contributed by atoms with Crippen molar-refractivity contribution in [2.75, 3.05) is 0 Å². The summed E-state index contributed by atoms with van der Waals surface area (Å²) in [5.41, 5.74) is 0. The van der Waals surface area contributed by atoms with Crippen molar-refractivity contribution in [3.05, 3.63) is 0 Å². The van der Waals surface area contributed by atoms with Crippen LogP contribution < -0.4 is 0 Å². The minimum atomic E-state index is -1.83. The van der Waals surface area contributed by atoms with Crippen molar-refractivity contribution in [3.8, 4) is 0 Å². The molecule has 2 aliphatic heterocycles. The molecular weight excluding hydrogens is 562 g/mol. The van der Waals surface area contributed by atoms with Crippen molar-refractivity contribution in [2.45, 2.75) is 29.4 Å². The predicted octanol–water partition coefficient (Wildman–Crippen LogP) is 2.20. The summed E-state index contributed by atoms with van der Waals surface area (Å²) in [6.45, 7) is 0. The summed E-state index contributed by atoms with van der Waals surface area (Å²) in [6, 6.07) is 0. The Morgan fingerprint density at radius 3 is 1.46 bits per heavy atom. The standard InChI is InChI=1S/2C3H6.C2O3.2Bi/c2*1-3-2;3-1-5-2-4;;/h2*1-3H2;;;. The fraction of sp³-hybridized carbons (Fsp3) is 0.750. The van der Waals surface area contributed by atoms with E-state index < -0.39 is 43.5 Å². The van der Waals surface area contributed by atoms with E-state index in [2.05, 4.69) is 0 Å². The van der Waals surface area contributed by atoms with Crippen LogP contribution >= 0.6 is 0 Å². The molecule has 5 heteroatoms. The molecule has 2 fully saturated rings. The molecule has 0 saturated carbocycles. The maximum atomic E-state index is 11.4. The van der Waals surface area contributed by atoms with Gasteiger partial charge in [0.1, 0.15) is 0 Å². The molecule has 2 saturated heterocycles. The molecule has 0 spiro atoms. The van der Waals surface area contributed by atoms with E-state index in [1.165, 1.54) is 12.8 Å². The zero-order chi connectivity index (χ0) is 9.26. The molecule has 2 aliphatic rings. The molecular formula is C8H12Bi2O3. The normalized spacial score (nSPS) is 23.1. The summed E-state index contributed by atoms with van der Waals surface area (Å²) in [7, 11) is 0. The maximum absolute atomic E-state index is 11.4. The number of carbonyl (C=O) groups is 2. The van der Waals surface area contributed by atoms with Crippen molar-refractivity contribution in [2.24, 2.45) is 0 Å². The Labute approximate surface area is 93.6 Å². The monoisotopic (exact) mass is 574 g/mol. The second-order valence-electron chi connectivity index (χ2n) is 3.32. The first-order chi connectivity index (χ1) is 6.27. The van der Waals surface area contributed by atoms with Gasteiger partial charge < -0.3 is 0 Å². The van der Waals surface area contributed by atoms with Gasteiger partial charge in [-0.2, -0.15) is 0 Å². The van der Waals surface area contributed by atoms with Crippen molar-refractivity contribution in [1.29, 1.82) is 0 Å². The molecule has 0 amide bonds. The second-order valence-corrected chi connectivity index (χ2v) is 21.5. The van der Waals surface area contributed by atoms with E-state index in [4.69, 9.17) is 4.74 Å². The topological polar surface area (TPSA) is 43.4 Å². The number of ether oxygens (including phenoxy) is 1. The van der Waals surface area contributed by atoms with Gasteiger partial charge >= 0.3 is 94.5 Å². The van der Waals surface area contributed by atoms with Gasteiger partial charge in [0.15, 0.2) is 0 Å². The van der Waals surface area contributed by atoms with Gasteiger partial charge in [0.2, 0.25) is 0 Å². The van der Waals surface area contributed by atoms with E-state index in [9.17, 15) is 9.59 Å². The van der Waals surface area contributed by atoms with Gasteiger partial charge in [-0.05, 0) is 0 Å². The van der Waals surface area contributed by atoms with Gasteiger partial charge in [-0.3, -0.25) is 0 Å². The molecule has 2 rings (SSSR count). The van der Waals surface area contributed by atoms with Gasteiger partial charge in [0.05, 0.1) is 0 Å². The van der Waals surface area contributed by atoms with Crippen LogP contribution in [0.4, 0.5) is 9.59 Å². The van der Waals surface area contributed by atoms with Crippen LogP contribution in [0.5, 0.6) is 0 Å². The van der Waals surface area contributed by atoms with E-state index in [0.29, 0.717) is 0 Å². The zero-order valence-corrected chi connectivity index (χ0v) is 14.3. The number of rotatable bonds is 2. The molecule has 0 radical (unpaired) electrons. The van der Waals surface area contributed by atoms with Crippen molar-refractivity contribution in [3.63, 3.8) is 0 Å². The van der Waals surface area contributed by atoms with Crippen LogP contribution in [-0.2, 0) is 4.74 Å². The van der Waals surface area contributed by atoms with Crippen LogP contribution in [0.15, 0.2) is 0 Å². The SMILES string of the molecule is O=[C](O[C](=O)[Bi]1[CH2]C[CH2]1)[Bi]1[CH2]C[CH2]1. The molecule has 0 atom stereocenters. The Bertz CT molecular complexity index is 210. The molecule has 0 aliphatic carbocycles. The van der Waals surface area contributed by atoms with Crippen molar-refractivity contribution >= 4 is 50.9 Å². The Kier molecular flexibility index (Phi) is 3.70.